The van der Waals surface area contributed by atoms with Crippen LogP contribution in [-0.4, -0.2) is 58.0 Å². The number of ether oxygens (including phenoxy) is 2. The number of rotatable bonds is 12. The van der Waals surface area contributed by atoms with Gasteiger partial charge in [0.1, 0.15) is 29.9 Å². The number of benzene rings is 3. The number of methoxy groups -OCH3 is 2. The molecule has 9 nitrogen and oxygen atoms in total. The molecule has 0 aromatic heterocycles. The lowest BCUT2D eigenvalue weighted by Crippen LogP contribution is -2.52. The molecule has 0 unspecified atom stereocenters. The molecule has 3 aromatic rings. The minimum absolute atomic E-state index is 0.0386. The summed E-state index contributed by atoms with van der Waals surface area (Å²) in [5.74, 6) is -0.965. The first-order chi connectivity index (χ1) is 19.0. The minimum Gasteiger partial charge on any atom is -0.497 e. The monoisotopic (exact) mass is 571 g/mol. The molecule has 0 saturated carbocycles. The van der Waals surface area contributed by atoms with Crippen LogP contribution in [0.1, 0.15) is 26.3 Å². The zero-order chi connectivity index (χ0) is 29.4. The fourth-order valence-corrected chi connectivity index (χ4v) is 5.44. The molecule has 1 N–H and O–H groups in total. The van der Waals surface area contributed by atoms with E-state index in [1.807, 2.05) is 0 Å². The number of nitrogens with zero attached hydrogens (tertiary/aromatic N) is 2. The maximum absolute atomic E-state index is 14.0. The number of carbonyl (C=O) groups excluding carboxylic acids is 2. The van der Waals surface area contributed by atoms with Gasteiger partial charge in [0.25, 0.3) is 10.0 Å². The molecule has 0 saturated heterocycles. The molecule has 214 valence electrons. The Bertz CT molecular complexity index is 1420. The quantitative estimate of drug-likeness (QED) is 0.353. The summed E-state index contributed by atoms with van der Waals surface area (Å²) in [5.41, 5.74) is 0.649. The maximum atomic E-state index is 14.0. The Morgan fingerprint density at radius 1 is 0.925 bits per heavy atom. The van der Waals surface area contributed by atoms with E-state index < -0.39 is 40.2 Å². The zero-order valence-electron chi connectivity index (χ0n) is 23.1. The number of amides is 2. The van der Waals surface area contributed by atoms with Gasteiger partial charge in [0, 0.05) is 18.7 Å². The van der Waals surface area contributed by atoms with Crippen LogP contribution < -0.4 is 19.1 Å². The van der Waals surface area contributed by atoms with Gasteiger partial charge in [0.2, 0.25) is 11.8 Å². The second-order valence-electron chi connectivity index (χ2n) is 9.35. The second-order valence-corrected chi connectivity index (χ2v) is 11.2. The van der Waals surface area contributed by atoms with E-state index in [4.69, 9.17) is 9.47 Å². The van der Waals surface area contributed by atoms with E-state index >= 15 is 0 Å². The summed E-state index contributed by atoms with van der Waals surface area (Å²) in [6, 6.07) is 16.7. The van der Waals surface area contributed by atoms with Gasteiger partial charge >= 0.3 is 0 Å². The van der Waals surface area contributed by atoms with Crippen LogP contribution in [-0.2, 0) is 26.2 Å². The Hall–Kier alpha value is -4.12. The summed E-state index contributed by atoms with van der Waals surface area (Å²) >= 11 is 0. The molecule has 0 aliphatic heterocycles. The summed E-state index contributed by atoms with van der Waals surface area (Å²) in [4.78, 5) is 28.2. The molecule has 3 aromatic carbocycles. The molecule has 0 radical (unpaired) electrons. The molecule has 0 heterocycles. The van der Waals surface area contributed by atoms with Crippen LogP contribution >= 0.6 is 0 Å². The predicted molar refractivity (Wildman–Crippen MR) is 150 cm³/mol. The second kappa shape index (κ2) is 13.3. The highest BCUT2D eigenvalue weighted by Gasteiger charge is 2.34. The Kier molecular flexibility index (Phi) is 10.1. The summed E-state index contributed by atoms with van der Waals surface area (Å²) in [6.45, 7) is 4.43. The van der Waals surface area contributed by atoms with Crippen LogP contribution in [0.2, 0.25) is 0 Å². The fraction of sp³-hybridized carbons (Fsp3) is 0.310. The van der Waals surface area contributed by atoms with Crippen molar-refractivity contribution in [1.82, 2.24) is 10.2 Å². The molecular formula is C29H34FN3O6S. The molecule has 0 fully saturated rings. The number of hydrogen-bond acceptors (Lipinski definition) is 6. The fourth-order valence-electron chi connectivity index (χ4n) is 4.00. The van der Waals surface area contributed by atoms with E-state index in [1.54, 1.807) is 51.1 Å². The lowest BCUT2D eigenvalue weighted by Gasteiger charge is -2.32. The van der Waals surface area contributed by atoms with E-state index in [0.29, 0.717) is 11.3 Å². The summed E-state index contributed by atoms with van der Waals surface area (Å²) in [7, 11) is -1.46. The van der Waals surface area contributed by atoms with Crippen molar-refractivity contribution < 1.29 is 31.9 Å². The highest BCUT2D eigenvalue weighted by Crippen LogP contribution is 2.36. The molecule has 0 aliphatic carbocycles. The van der Waals surface area contributed by atoms with Crippen molar-refractivity contribution in [1.29, 1.82) is 0 Å². The Morgan fingerprint density at radius 3 is 2.15 bits per heavy atom. The van der Waals surface area contributed by atoms with E-state index in [-0.39, 0.29) is 28.9 Å². The first kappa shape index (κ1) is 30.4. The van der Waals surface area contributed by atoms with E-state index in [9.17, 15) is 22.4 Å². The number of sulfonamides is 1. The van der Waals surface area contributed by atoms with Gasteiger partial charge in [0.15, 0.2) is 0 Å². The number of hydrogen-bond donors (Lipinski definition) is 1. The first-order valence-corrected chi connectivity index (χ1v) is 14.1. The number of nitrogens with one attached hydrogen (secondary N) is 1. The van der Waals surface area contributed by atoms with Gasteiger partial charge in [0.05, 0.1) is 24.8 Å². The average Bonchev–Trinajstić information content (AvgIpc) is 2.94. The highest BCUT2D eigenvalue weighted by atomic mass is 32.2. The SMILES string of the molecule is COc1ccc(OC)c(N(CC(=O)N(Cc2ccc(F)cc2)[C@@H](C)C(=O)NC(C)C)S(=O)(=O)c2ccccc2)c1. The molecule has 1 atom stereocenters. The predicted octanol–water partition coefficient (Wildman–Crippen LogP) is 3.98. The van der Waals surface area contributed by atoms with E-state index in [0.717, 1.165) is 4.31 Å². The summed E-state index contributed by atoms with van der Waals surface area (Å²) in [5, 5.41) is 2.79. The van der Waals surface area contributed by atoms with Crippen LogP contribution in [0.15, 0.2) is 77.7 Å². The summed E-state index contributed by atoms with van der Waals surface area (Å²) < 4.78 is 53.1. The van der Waals surface area contributed by atoms with Crippen molar-refractivity contribution in [3.8, 4) is 11.5 Å². The van der Waals surface area contributed by atoms with Crippen molar-refractivity contribution in [3.05, 3.63) is 84.2 Å². The summed E-state index contributed by atoms with van der Waals surface area (Å²) in [6.07, 6.45) is 0. The van der Waals surface area contributed by atoms with Crippen molar-refractivity contribution in [3.63, 3.8) is 0 Å². The zero-order valence-corrected chi connectivity index (χ0v) is 23.9. The van der Waals surface area contributed by atoms with Gasteiger partial charge in [-0.25, -0.2) is 12.8 Å². The molecular weight excluding hydrogens is 537 g/mol. The van der Waals surface area contributed by atoms with Crippen LogP contribution in [0.25, 0.3) is 0 Å². The van der Waals surface area contributed by atoms with Crippen molar-refractivity contribution >= 4 is 27.5 Å². The topological polar surface area (TPSA) is 105 Å². The smallest absolute Gasteiger partial charge is 0.264 e. The number of anilines is 1. The van der Waals surface area contributed by atoms with Crippen LogP contribution in [0.5, 0.6) is 11.5 Å². The highest BCUT2D eigenvalue weighted by molar-refractivity contribution is 7.92. The molecule has 0 spiro atoms. The average molecular weight is 572 g/mol. The van der Waals surface area contributed by atoms with Crippen LogP contribution in [0.4, 0.5) is 10.1 Å². The third kappa shape index (κ3) is 7.29. The molecule has 0 bridgehead atoms. The van der Waals surface area contributed by atoms with Crippen LogP contribution in [0, 0.1) is 5.82 Å². The van der Waals surface area contributed by atoms with Gasteiger partial charge in [-0.15, -0.1) is 0 Å². The van der Waals surface area contributed by atoms with Crippen molar-refractivity contribution in [2.45, 2.75) is 44.3 Å². The lowest BCUT2D eigenvalue weighted by molar-refractivity contribution is -0.139. The Morgan fingerprint density at radius 2 is 1.57 bits per heavy atom. The van der Waals surface area contributed by atoms with Gasteiger partial charge in [-0.2, -0.15) is 0 Å². The maximum Gasteiger partial charge on any atom is 0.264 e. The third-order valence-electron chi connectivity index (χ3n) is 6.13. The normalized spacial score (nSPS) is 12.0. The van der Waals surface area contributed by atoms with Gasteiger partial charge < -0.3 is 19.7 Å². The standard InChI is InChI=1S/C29H34FN3O6S/c1-20(2)31-29(35)21(3)32(18-22-11-13-23(30)14-12-22)28(34)19-33(40(36,37)25-9-7-6-8-10-25)26-17-24(38-4)15-16-27(26)39-5/h6-17,20-21H,18-19H2,1-5H3,(H,31,35)/t21-/m0/s1. The van der Waals surface area contributed by atoms with Crippen molar-refractivity contribution in [2.75, 3.05) is 25.1 Å². The largest absolute Gasteiger partial charge is 0.497 e. The van der Waals surface area contributed by atoms with Crippen molar-refractivity contribution in [2.24, 2.45) is 0 Å². The van der Waals surface area contributed by atoms with Crippen LogP contribution in [0.3, 0.4) is 0 Å². The van der Waals surface area contributed by atoms with Gasteiger partial charge in [-0.1, -0.05) is 30.3 Å². The molecule has 40 heavy (non-hydrogen) atoms. The Labute approximate surface area is 234 Å². The Balaban J connectivity index is 2.10. The number of carbonyl (C=O) groups is 2. The molecule has 0 aliphatic rings. The van der Waals surface area contributed by atoms with Gasteiger partial charge in [-0.05, 0) is 62.7 Å². The molecule has 3 rings (SSSR count). The molecule has 11 heteroatoms. The van der Waals surface area contributed by atoms with Gasteiger partial charge in [-0.3, -0.25) is 13.9 Å². The molecule has 2 amide bonds. The minimum atomic E-state index is -4.28. The number of halogens is 1. The van der Waals surface area contributed by atoms with E-state index in [2.05, 4.69) is 5.32 Å². The third-order valence-corrected chi connectivity index (χ3v) is 7.90. The van der Waals surface area contributed by atoms with E-state index in [1.165, 1.54) is 61.6 Å². The lowest BCUT2D eigenvalue weighted by atomic mass is 10.1. The first-order valence-electron chi connectivity index (χ1n) is 12.6.